The fourth-order valence-corrected chi connectivity index (χ4v) is 4.76. The summed E-state index contributed by atoms with van der Waals surface area (Å²) in [5.74, 6) is 1.11. The van der Waals surface area contributed by atoms with E-state index in [4.69, 9.17) is 9.47 Å². The van der Waals surface area contributed by atoms with E-state index in [-0.39, 0.29) is 5.97 Å². The Bertz CT molecular complexity index is 1170. The molecule has 0 saturated carbocycles. The van der Waals surface area contributed by atoms with E-state index in [9.17, 15) is 4.79 Å². The number of benzene rings is 3. The lowest BCUT2D eigenvalue weighted by molar-refractivity contribution is 0.0224. The summed E-state index contributed by atoms with van der Waals surface area (Å²) in [7, 11) is 0. The molecule has 0 amide bonds. The molecule has 2 heterocycles. The highest BCUT2D eigenvalue weighted by Crippen LogP contribution is 2.56. The standard InChI is InChI=1S/C26H26N2O3/c1-4-27-17-11-14-23-22(15-17)26(20-10-8-7-9-19(20)25(29)31-26)21-13-12-18(16-24(21)30-23)28(5-2)6-3/h7-16,27H,4-6H2,1-3H3. The van der Waals surface area contributed by atoms with E-state index in [2.05, 4.69) is 43.1 Å². The maximum atomic E-state index is 13.0. The molecule has 158 valence electrons. The zero-order valence-corrected chi connectivity index (χ0v) is 18.1. The number of ether oxygens (including phenoxy) is 2. The monoisotopic (exact) mass is 414 g/mol. The molecule has 1 unspecified atom stereocenters. The SMILES string of the molecule is CCNc1ccc2c(c1)C1(OC(=O)c3ccccc31)c1ccc(N(CC)CC)cc1O2. The molecule has 31 heavy (non-hydrogen) atoms. The lowest BCUT2D eigenvalue weighted by atomic mass is 9.77. The minimum atomic E-state index is -1.02. The molecule has 5 nitrogen and oxygen atoms in total. The molecule has 1 N–H and O–H groups in total. The summed E-state index contributed by atoms with van der Waals surface area (Å²) in [5, 5.41) is 3.36. The lowest BCUT2D eigenvalue weighted by Gasteiger charge is -2.37. The second kappa shape index (κ2) is 7.34. The third-order valence-corrected chi connectivity index (χ3v) is 6.20. The lowest BCUT2D eigenvalue weighted by Crippen LogP contribution is -2.33. The van der Waals surface area contributed by atoms with Gasteiger partial charge < -0.3 is 19.7 Å². The molecule has 1 spiro atoms. The summed E-state index contributed by atoms with van der Waals surface area (Å²) >= 11 is 0. The summed E-state index contributed by atoms with van der Waals surface area (Å²) in [6.07, 6.45) is 0. The Kier molecular flexibility index (Phi) is 4.62. The van der Waals surface area contributed by atoms with Crippen molar-refractivity contribution in [1.29, 1.82) is 0 Å². The van der Waals surface area contributed by atoms with Crippen molar-refractivity contribution in [1.82, 2.24) is 0 Å². The van der Waals surface area contributed by atoms with E-state index < -0.39 is 5.60 Å². The predicted molar refractivity (Wildman–Crippen MR) is 122 cm³/mol. The fraction of sp³-hybridized carbons (Fsp3) is 0.269. The van der Waals surface area contributed by atoms with Crippen LogP contribution < -0.4 is 15.0 Å². The van der Waals surface area contributed by atoms with E-state index >= 15 is 0 Å². The Morgan fingerprint density at radius 3 is 2.45 bits per heavy atom. The fourth-order valence-electron chi connectivity index (χ4n) is 4.76. The molecule has 0 bridgehead atoms. The van der Waals surface area contributed by atoms with Gasteiger partial charge in [-0.1, -0.05) is 18.2 Å². The normalized spacial score (nSPS) is 18.0. The number of nitrogens with zero attached hydrogens (tertiary/aromatic N) is 1. The predicted octanol–water partition coefficient (Wildman–Crippen LogP) is 5.53. The number of rotatable bonds is 5. The minimum Gasteiger partial charge on any atom is -0.456 e. The molecule has 2 aliphatic heterocycles. The molecule has 0 aromatic heterocycles. The summed E-state index contributed by atoms with van der Waals surface area (Å²) in [4.78, 5) is 15.2. The van der Waals surface area contributed by atoms with Crippen LogP contribution in [0.15, 0.2) is 60.7 Å². The summed E-state index contributed by atoms with van der Waals surface area (Å²) in [6.45, 7) is 8.94. The van der Waals surface area contributed by atoms with Gasteiger partial charge in [0.1, 0.15) is 11.5 Å². The molecular weight excluding hydrogens is 388 g/mol. The first-order chi connectivity index (χ1) is 15.1. The average Bonchev–Trinajstić information content (AvgIpc) is 3.09. The van der Waals surface area contributed by atoms with Crippen LogP contribution in [0.3, 0.4) is 0 Å². The van der Waals surface area contributed by atoms with Crippen molar-refractivity contribution in [3.05, 3.63) is 82.9 Å². The van der Waals surface area contributed by atoms with Gasteiger partial charge in [-0.05, 0) is 57.2 Å². The second-order valence-corrected chi connectivity index (χ2v) is 7.81. The Morgan fingerprint density at radius 2 is 1.68 bits per heavy atom. The quantitative estimate of drug-likeness (QED) is 0.556. The number of fused-ring (bicyclic) bond motifs is 6. The van der Waals surface area contributed by atoms with E-state index in [1.807, 2.05) is 48.5 Å². The highest BCUT2D eigenvalue weighted by Gasteiger charge is 2.53. The van der Waals surface area contributed by atoms with Crippen LogP contribution in [0.25, 0.3) is 0 Å². The first-order valence-electron chi connectivity index (χ1n) is 10.9. The van der Waals surface area contributed by atoms with Crippen LogP contribution in [0.2, 0.25) is 0 Å². The molecule has 2 aliphatic rings. The Balaban J connectivity index is 1.78. The third kappa shape index (κ3) is 2.80. The molecule has 0 saturated heterocycles. The average molecular weight is 415 g/mol. The molecule has 5 heteroatoms. The zero-order chi connectivity index (χ0) is 21.6. The van der Waals surface area contributed by atoms with Crippen LogP contribution >= 0.6 is 0 Å². The molecule has 0 fully saturated rings. The van der Waals surface area contributed by atoms with Gasteiger partial charge >= 0.3 is 5.97 Å². The number of esters is 1. The largest absolute Gasteiger partial charge is 0.456 e. The topological polar surface area (TPSA) is 50.8 Å². The van der Waals surface area contributed by atoms with Crippen LogP contribution in [0.5, 0.6) is 11.5 Å². The van der Waals surface area contributed by atoms with Gasteiger partial charge in [-0.15, -0.1) is 0 Å². The zero-order valence-electron chi connectivity index (χ0n) is 18.1. The van der Waals surface area contributed by atoms with E-state index in [1.165, 1.54) is 0 Å². The van der Waals surface area contributed by atoms with Gasteiger partial charge in [-0.2, -0.15) is 0 Å². The van der Waals surface area contributed by atoms with Crippen LogP contribution in [0.1, 0.15) is 47.8 Å². The number of carbonyl (C=O) groups is 1. The van der Waals surface area contributed by atoms with Crippen molar-refractivity contribution in [2.24, 2.45) is 0 Å². The summed E-state index contributed by atoms with van der Waals surface area (Å²) in [6, 6.07) is 19.8. The number of carbonyl (C=O) groups excluding carboxylic acids is 1. The summed E-state index contributed by atoms with van der Waals surface area (Å²) in [5.41, 5.74) is 4.18. The molecule has 3 aromatic rings. The van der Waals surface area contributed by atoms with Gasteiger partial charge in [0, 0.05) is 53.8 Å². The van der Waals surface area contributed by atoms with Crippen LogP contribution in [0, 0.1) is 0 Å². The molecule has 1 atom stereocenters. The van der Waals surface area contributed by atoms with E-state index in [0.29, 0.717) is 11.3 Å². The highest BCUT2D eigenvalue weighted by molar-refractivity contribution is 5.97. The highest BCUT2D eigenvalue weighted by atomic mass is 16.6. The molecule has 5 rings (SSSR count). The number of hydrogen-bond acceptors (Lipinski definition) is 5. The van der Waals surface area contributed by atoms with Crippen LogP contribution in [-0.2, 0) is 10.3 Å². The van der Waals surface area contributed by atoms with Gasteiger partial charge in [0.2, 0.25) is 0 Å². The maximum Gasteiger partial charge on any atom is 0.340 e. The Labute approximate surface area is 182 Å². The maximum absolute atomic E-state index is 13.0. The van der Waals surface area contributed by atoms with Crippen LogP contribution in [0.4, 0.5) is 11.4 Å². The minimum absolute atomic E-state index is 0.309. The van der Waals surface area contributed by atoms with Gasteiger partial charge in [0.25, 0.3) is 0 Å². The van der Waals surface area contributed by atoms with Gasteiger partial charge in [0.15, 0.2) is 5.60 Å². The van der Waals surface area contributed by atoms with Crippen molar-refractivity contribution < 1.29 is 14.3 Å². The first kappa shape index (κ1) is 19.5. The van der Waals surface area contributed by atoms with Gasteiger partial charge in [-0.25, -0.2) is 4.79 Å². The van der Waals surface area contributed by atoms with Crippen molar-refractivity contribution in [3.8, 4) is 11.5 Å². The van der Waals surface area contributed by atoms with Crippen molar-refractivity contribution in [2.75, 3.05) is 29.9 Å². The number of anilines is 2. The van der Waals surface area contributed by atoms with Crippen LogP contribution in [-0.4, -0.2) is 25.6 Å². The molecule has 0 aliphatic carbocycles. The smallest absolute Gasteiger partial charge is 0.340 e. The number of hydrogen-bond donors (Lipinski definition) is 1. The second-order valence-electron chi connectivity index (χ2n) is 7.81. The van der Waals surface area contributed by atoms with Crippen molar-refractivity contribution in [3.63, 3.8) is 0 Å². The van der Waals surface area contributed by atoms with E-state index in [1.54, 1.807) is 0 Å². The number of nitrogens with one attached hydrogen (secondary N) is 1. The first-order valence-corrected chi connectivity index (χ1v) is 10.9. The van der Waals surface area contributed by atoms with Crippen molar-refractivity contribution in [2.45, 2.75) is 26.4 Å². The molecule has 3 aromatic carbocycles. The van der Waals surface area contributed by atoms with Crippen molar-refractivity contribution >= 4 is 17.3 Å². The van der Waals surface area contributed by atoms with E-state index in [0.717, 1.165) is 53.4 Å². The van der Waals surface area contributed by atoms with Gasteiger partial charge in [-0.3, -0.25) is 0 Å². The molecular formula is C26H26N2O3. The van der Waals surface area contributed by atoms with Gasteiger partial charge in [0.05, 0.1) is 5.56 Å². The molecule has 0 radical (unpaired) electrons. The summed E-state index contributed by atoms with van der Waals surface area (Å²) < 4.78 is 12.6. The third-order valence-electron chi connectivity index (χ3n) is 6.20. The Hall–Kier alpha value is -3.47. The Morgan fingerprint density at radius 1 is 0.871 bits per heavy atom.